The Hall–Kier alpha value is -4.57. The molecular formula is C36H47N5O5. The molecule has 1 atom stereocenters. The van der Waals surface area contributed by atoms with Crippen molar-refractivity contribution in [2.45, 2.75) is 58.9 Å². The first kappa shape index (κ1) is 34.3. The molecule has 0 saturated carbocycles. The van der Waals surface area contributed by atoms with E-state index in [1.807, 2.05) is 37.1 Å². The molecule has 1 amide bonds. The number of amides is 1. The molecule has 0 fully saturated rings. The van der Waals surface area contributed by atoms with E-state index in [-0.39, 0.29) is 5.91 Å². The quantitative estimate of drug-likeness (QED) is 0.0683. The van der Waals surface area contributed by atoms with Gasteiger partial charge in [0.2, 0.25) is 5.91 Å². The number of hydrogen-bond acceptors (Lipinski definition) is 8. The van der Waals surface area contributed by atoms with Gasteiger partial charge in [-0.25, -0.2) is 0 Å². The van der Waals surface area contributed by atoms with Gasteiger partial charge in [-0.2, -0.15) is 0 Å². The second kappa shape index (κ2) is 15.6. The zero-order chi connectivity index (χ0) is 33.4. The summed E-state index contributed by atoms with van der Waals surface area (Å²) in [5.41, 5.74) is 12.2. The number of ether oxygens (including phenoxy) is 1. The normalized spacial score (nSPS) is 12.0. The average molecular weight is 630 g/mol. The fourth-order valence-corrected chi connectivity index (χ4v) is 5.99. The molecule has 5 N–H and O–H groups in total. The molecule has 1 aliphatic heterocycles. The Labute approximate surface area is 271 Å². The summed E-state index contributed by atoms with van der Waals surface area (Å²) in [6.07, 6.45) is 3.16. The number of aliphatic carboxylic acids is 1. The number of carboxylic acids is 1. The summed E-state index contributed by atoms with van der Waals surface area (Å²) in [7, 11) is 3.49. The van der Waals surface area contributed by atoms with Crippen LogP contribution in [0.25, 0.3) is 33.4 Å². The zero-order valence-electron chi connectivity index (χ0n) is 27.6. The summed E-state index contributed by atoms with van der Waals surface area (Å²) in [4.78, 5) is 28.1. The molecule has 2 aromatic rings. The molecule has 10 nitrogen and oxygen atoms in total. The van der Waals surface area contributed by atoms with Crippen LogP contribution < -0.4 is 26.0 Å². The molecule has 1 unspecified atom stereocenters. The summed E-state index contributed by atoms with van der Waals surface area (Å²) in [6, 6.07) is 14.7. The fourth-order valence-electron chi connectivity index (χ4n) is 5.99. The van der Waals surface area contributed by atoms with Gasteiger partial charge in [0.05, 0.1) is 12.5 Å². The Balaban J connectivity index is 1.45. The number of methoxy groups -OCH3 is 1. The number of nitrogens with one attached hydrogen (secondary N) is 2. The highest BCUT2D eigenvalue weighted by atomic mass is 16.5. The molecule has 0 radical (unpaired) electrons. The predicted octanol–water partition coefficient (Wildman–Crippen LogP) is 5.88. The van der Waals surface area contributed by atoms with Gasteiger partial charge in [0.1, 0.15) is 23.1 Å². The third-order valence-corrected chi connectivity index (χ3v) is 8.63. The number of aryl methyl sites for hydroxylation is 1. The van der Waals surface area contributed by atoms with Crippen molar-refractivity contribution < 1.29 is 23.8 Å². The predicted molar refractivity (Wildman–Crippen MR) is 184 cm³/mol. The SMILES string of the molecule is CCN(CCCC(=O)NCCCCC(C(=O)O)N(C)CC)c1cc(OC)c(-c2c3ccc(=N)cc-3oc3cc(N)ccc23)cc1C. The Morgan fingerprint density at radius 1 is 1.04 bits per heavy atom. The molecule has 1 heterocycles. The first-order chi connectivity index (χ1) is 22.1. The van der Waals surface area contributed by atoms with Crippen LogP contribution >= 0.6 is 0 Å². The van der Waals surface area contributed by atoms with Crippen LogP contribution in [0.4, 0.5) is 11.4 Å². The zero-order valence-corrected chi connectivity index (χ0v) is 27.6. The number of anilines is 2. The number of fused-ring (bicyclic) bond motifs is 2. The van der Waals surface area contributed by atoms with Gasteiger partial charge in [-0.1, -0.05) is 6.92 Å². The minimum absolute atomic E-state index is 0.00545. The van der Waals surface area contributed by atoms with Crippen LogP contribution in [0.1, 0.15) is 51.5 Å². The van der Waals surface area contributed by atoms with Gasteiger partial charge >= 0.3 is 5.97 Å². The second-order valence-electron chi connectivity index (χ2n) is 11.7. The molecular weight excluding hydrogens is 582 g/mol. The lowest BCUT2D eigenvalue weighted by atomic mass is 9.91. The number of rotatable bonds is 16. The summed E-state index contributed by atoms with van der Waals surface area (Å²) in [6.45, 7) is 8.83. The number of nitrogen functional groups attached to an aromatic ring is 1. The molecule has 0 aromatic heterocycles. The van der Waals surface area contributed by atoms with E-state index in [2.05, 4.69) is 36.2 Å². The number of carbonyl (C=O) groups is 2. The first-order valence-electron chi connectivity index (χ1n) is 16.0. The minimum atomic E-state index is -0.802. The van der Waals surface area contributed by atoms with E-state index in [0.29, 0.717) is 67.0 Å². The van der Waals surface area contributed by atoms with E-state index in [0.717, 1.165) is 52.7 Å². The van der Waals surface area contributed by atoms with Crippen molar-refractivity contribution >= 4 is 34.2 Å². The Bertz CT molecular complexity index is 1700. The van der Waals surface area contributed by atoms with Crippen LogP contribution in [-0.2, 0) is 9.59 Å². The third kappa shape index (κ3) is 7.98. The van der Waals surface area contributed by atoms with Crippen molar-refractivity contribution in [3.63, 3.8) is 0 Å². The van der Waals surface area contributed by atoms with E-state index in [1.54, 1.807) is 25.3 Å². The van der Waals surface area contributed by atoms with E-state index in [4.69, 9.17) is 20.3 Å². The fraction of sp³-hybridized carbons (Fsp3) is 0.417. The lowest BCUT2D eigenvalue weighted by molar-refractivity contribution is -0.143. The van der Waals surface area contributed by atoms with E-state index in [1.165, 1.54) is 0 Å². The molecule has 1 aliphatic carbocycles. The van der Waals surface area contributed by atoms with E-state index in [9.17, 15) is 14.7 Å². The Morgan fingerprint density at radius 3 is 2.52 bits per heavy atom. The molecule has 0 spiro atoms. The number of nitrogens with zero attached hydrogens (tertiary/aromatic N) is 2. The molecule has 46 heavy (non-hydrogen) atoms. The molecule has 0 saturated heterocycles. The van der Waals surface area contributed by atoms with Crippen molar-refractivity contribution in [1.82, 2.24) is 10.2 Å². The van der Waals surface area contributed by atoms with Crippen LogP contribution in [0.3, 0.4) is 0 Å². The Morgan fingerprint density at radius 2 is 1.83 bits per heavy atom. The number of carboxylic acid groups (broad SMARTS) is 1. The largest absolute Gasteiger partial charge is 0.496 e. The van der Waals surface area contributed by atoms with Gasteiger partial charge in [0.25, 0.3) is 0 Å². The number of hydrogen-bond donors (Lipinski definition) is 4. The van der Waals surface area contributed by atoms with Crippen LogP contribution in [-0.4, -0.2) is 68.3 Å². The first-order valence-corrected chi connectivity index (χ1v) is 16.0. The lowest BCUT2D eigenvalue weighted by Crippen LogP contribution is -2.38. The van der Waals surface area contributed by atoms with Gasteiger partial charge in [0.15, 0.2) is 0 Å². The lowest BCUT2D eigenvalue weighted by Gasteiger charge is -2.27. The van der Waals surface area contributed by atoms with Gasteiger partial charge in [0, 0.05) is 77.7 Å². The maximum atomic E-state index is 12.6. The maximum Gasteiger partial charge on any atom is 0.320 e. The Kier molecular flexibility index (Phi) is 11.7. The molecule has 246 valence electrons. The topological polar surface area (TPSA) is 145 Å². The summed E-state index contributed by atoms with van der Waals surface area (Å²) < 4.78 is 12.2. The molecule has 4 rings (SSSR count). The number of likely N-dealkylation sites (N-methyl/N-ethyl adjacent to an activating group) is 1. The highest BCUT2D eigenvalue weighted by molar-refractivity contribution is 6.04. The minimum Gasteiger partial charge on any atom is -0.496 e. The number of carbonyl (C=O) groups excluding carboxylic acids is 1. The second-order valence-corrected chi connectivity index (χ2v) is 11.7. The summed E-state index contributed by atoms with van der Waals surface area (Å²) in [5, 5.41) is 21.8. The highest BCUT2D eigenvalue weighted by Gasteiger charge is 2.23. The monoisotopic (exact) mass is 629 g/mol. The van der Waals surface area contributed by atoms with Crippen LogP contribution in [0.2, 0.25) is 0 Å². The van der Waals surface area contributed by atoms with Crippen molar-refractivity contribution in [3.05, 3.63) is 59.5 Å². The molecule has 2 aromatic carbocycles. The molecule has 2 aliphatic rings. The van der Waals surface area contributed by atoms with Crippen LogP contribution in [0.5, 0.6) is 5.75 Å². The van der Waals surface area contributed by atoms with Crippen molar-refractivity contribution in [2.75, 3.05) is 51.0 Å². The summed E-state index contributed by atoms with van der Waals surface area (Å²) >= 11 is 0. The van der Waals surface area contributed by atoms with Gasteiger partial charge < -0.3 is 35.6 Å². The van der Waals surface area contributed by atoms with Crippen LogP contribution in [0.15, 0.2) is 52.9 Å². The number of benzene rings is 3. The smallest absolute Gasteiger partial charge is 0.320 e. The van der Waals surface area contributed by atoms with E-state index < -0.39 is 12.0 Å². The van der Waals surface area contributed by atoms with Crippen molar-refractivity contribution in [2.24, 2.45) is 0 Å². The number of unbranched alkanes of at least 4 members (excludes halogenated alkanes) is 1. The van der Waals surface area contributed by atoms with Gasteiger partial charge in [-0.3, -0.25) is 14.5 Å². The van der Waals surface area contributed by atoms with Crippen molar-refractivity contribution in [3.8, 4) is 28.2 Å². The third-order valence-electron chi connectivity index (χ3n) is 8.63. The van der Waals surface area contributed by atoms with E-state index >= 15 is 0 Å². The average Bonchev–Trinajstić information content (AvgIpc) is 3.03. The summed E-state index contributed by atoms with van der Waals surface area (Å²) in [5.74, 6) is 0.522. The molecule has 10 heteroatoms. The standard InChI is InChI=1S/C36H47N5O5/c1-6-40(4)29(36(43)44)11-8-9-17-39-34(42)12-10-18-41(7-2)30-22-31(45-5)28(19-23(30)3)35-26-15-13-24(37)20-32(26)46-33-21-25(38)14-16-27(33)35/h13-16,19-22,29,37H,6-12,17-18,38H2,1-5H3,(H,39,42)(H,43,44). The van der Waals surface area contributed by atoms with Crippen molar-refractivity contribution in [1.29, 1.82) is 5.41 Å². The van der Waals surface area contributed by atoms with Gasteiger partial charge in [-0.05, 0) is 89.0 Å². The van der Waals surface area contributed by atoms with Crippen LogP contribution in [0, 0.1) is 12.3 Å². The van der Waals surface area contributed by atoms with Gasteiger partial charge in [-0.15, -0.1) is 0 Å². The maximum absolute atomic E-state index is 12.6. The highest BCUT2D eigenvalue weighted by Crippen LogP contribution is 2.45. The number of nitrogens with two attached hydrogens (primary N) is 1. The molecule has 0 bridgehead atoms.